The Labute approximate surface area is 227 Å². The van der Waals surface area contributed by atoms with Crippen molar-refractivity contribution in [1.29, 1.82) is 0 Å². The molecule has 1 atom stereocenters. The maximum atomic E-state index is 13.7. The Hall–Kier alpha value is -3.17. The third-order valence-electron chi connectivity index (χ3n) is 5.64. The SMILES string of the molecule is CCOC(=O)C1=C(C)N=c2s/c(=C\c3ccc(OC(C)C)c(Br)c3)c(=O)n2[C@H]1c1ccc(OCC)cc1. The molecule has 0 radical (unpaired) electrons. The predicted octanol–water partition coefficient (Wildman–Crippen LogP) is 4.75. The highest BCUT2D eigenvalue weighted by Crippen LogP contribution is 2.32. The summed E-state index contributed by atoms with van der Waals surface area (Å²) in [6, 6.07) is 12.4. The molecule has 1 aliphatic rings. The van der Waals surface area contributed by atoms with Gasteiger partial charge in [0.15, 0.2) is 4.80 Å². The summed E-state index contributed by atoms with van der Waals surface area (Å²) in [6.45, 7) is 10.1. The van der Waals surface area contributed by atoms with Crippen LogP contribution in [0, 0.1) is 0 Å². The number of hydrogen-bond acceptors (Lipinski definition) is 7. The minimum Gasteiger partial charge on any atom is -0.494 e. The molecule has 0 saturated carbocycles. The van der Waals surface area contributed by atoms with Gasteiger partial charge in [0.05, 0.1) is 45.6 Å². The first-order valence-corrected chi connectivity index (χ1v) is 13.7. The van der Waals surface area contributed by atoms with Crippen LogP contribution < -0.4 is 24.4 Å². The van der Waals surface area contributed by atoms with E-state index in [2.05, 4.69) is 20.9 Å². The first-order valence-electron chi connectivity index (χ1n) is 12.1. The van der Waals surface area contributed by atoms with Crippen molar-refractivity contribution >= 4 is 39.3 Å². The van der Waals surface area contributed by atoms with Crippen LogP contribution in [0.4, 0.5) is 0 Å². The van der Waals surface area contributed by atoms with Crippen LogP contribution in [0.2, 0.25) is 0 Å². The molecular formula is C28H29BrN2O5S. The lowest BCUT2D eigenvalue weighted by atomic mass is 9.96. The van der Waals surface area contributed by atoms with E-state index in [1.54, 1.807) is 18.4 Å². The third kappa shape index (κ3) is 5.72. The fourth-order valence-corrected chi connectivity index (χ4v) is 5.66. The quantitative estimate of drug-likeness (QED) is 0.357. The molecule has 9 heteroatoms. The van der Waals surface area contributed by atoms with Crippen LogP contribution in [0.1, 0.15) is 51.8 Å². The van der Waals surface area contributed by atoms with Gasteiger partial charge in [-0.2, -0.15) is 0 Å². The molecule has 2 heterocycles. The van der Waals surface area contributed by atoms with Gasteiger partial charge in [0.1, 0.15) is 11.5 Å². The van der Waals surface area contributed by atoms with Crippen molar-refractivity contribution in [3.63, 3.8) is 0 Å². The molecule has 37 heavy (non-hydrogen) atoms. The zero-order valence-electron chi connectivity index (χ0n) is 21.4. The van der Waals surface area contributed by atoms with Crippen LogP contribution in [-0.2, 0) is 9.53 Å². The van der Waals surface area contributed by atoms with Crippen LogP contribution in [0.25, 0.3) is 6.08 Å². The molecule has 3 aromatic rings. The van der Waals surface area contributed by atoms with Gasteiger partial charge in [0.25, 0.3) is 5.56 Å². The fourth-order valence-electron chi connectivity index (χ4n) is 4.13. The van der Waals surface area contributed by atoms with Gasteiger partial charge in [-0.05, 0) is 92.0 Å². The lowest BCUT2D eigenvalue weighted by molar-refractivity contribution is -0.139. The zero-order chi connectivity index (χ0) is 26.7. The summed E-state index contributed by atoms with van der Waals surface area (Å²) in [5.74, 6) is 0.966. The smallest absolute Gasteiger partial charge is 0.338 e. The molecule has 0 unspecified atom stereocenters. The van der Waals surface area contributed by atoms with E-state index in [-0.39, 0.29) is 18.3 Å². The Morgan fingerprint density at radius 2 is 1.89 bits per heavy atom. The number of halogens is 1. The zero-order valence-corrected chi connectivity index (χ0v) is 23.8. The molecule has 0 saturated heterocycles. The largest absolute Gasteiger partial charge is 0.494 e. The summed E-state index contributed by atoms with van der Waals surface area (Å²) in [5, 5.41) is 0. The Morgan fingerprint density at radius 3 is 2.51 bits per heavy atom. The molecule has 0 bridgehead atoms. The number of ether oxygens (including phenoxy) is 3. The van der Waals surface area contributed by atoms with Crippen molar-refractivity contribution in [2.75, 3.05) is 13.2 Å². The first-order chi connectivity index (χ1) is 17.7. The summed E-state index contributed by atoms with van der Waals surface area (Å²) in [7, 11) is 0. The van der Waals surface area contributed by atoms with Gasteiger partial charge in [-0.1, -0.05) is 29.5 Å². The van der Waals surface area contributed by atoms with Gasteiger partial charge in [0, 0.05) is 0 Å². The summed E-state index contributed by atoms with van der Waals surface area (Å²) < 4.78 is 19.6. The van der Waals surface area contributed by atoms with E-state index >= 15 is 0 Å². The molecule has 0 aliphatic carbocycles. The maximum absolute atomic E-state index is 13.7. The summed E-state index contributed by atoms with van der Waals surface area (Å²) in [6.07, 6.45) is 1.87. The molecule has 0 fully saturated rings. The van der Waals surface area contributed by atoms with Crippen molar-refractivity contribution in [2.45, 2.75) is 46.8 Å². The van der Waals surface area contributed by atoms with Gasteiger partial charge in [0.2, 0.25) is 0 Å². The lowest BCUT2D eigenvalue weighted by Crippen LogP contribution is -2.39. The average Bonchev–Trinajstić information content (AvgIpc) is 3.15. The Balaban J connectivity index is 1.85. The predicted molar refractivity (Wildman–Crippen MR) is 148 cm³/mol. The minimum atomic E-state index is -0.665. The number of benzene rings is 2. The molecule has 0 spiro atoms. The molecule has 1 aliphatic heterocycles. The Bertz CT molecular complexity index is 1520. The average molecular weight is 586 g/mol. The van der Waals surface area contributed by atoms with Crippen molar-refractivity contribution < 1.29 is 19.0 Å². The minimum absolute atomic E-state index is 0.0466. The maximum Gasteiger partial charge on any atom is 0.338 e. The van der Waals surface area contributed by atoms with Gasteiger partial charge < -0.3 is 14.2 Å². The molecule has 1 aromatic heterocycles. The first kappa shape index (κ1) is 26.9. The number of esters is 1. The lowest BCUT2D eigenvalue weighted by Gasteiger charge is -2.24. The number of aromatic nitrogens is 1. The third-order valence-corrected chi connectivity index (χ3v) is 7.24. The van der Waals surface area contributed by atoms with Crippen molar-refractivity contribution in [3.05, 3.63) is 89.0 Å². The topological polar surface area (TPSA) is 79.1 Å². The standard InChI is InChI=1S/C28H29BrN2O5S/c1-6-34-20-11-9-19(10-12-20)25-24(27(33)35-7-2)17(5)30-28-31(25)26(32)23(37-28)15-18-8-13-22(21(29)14-18)36-16(3)4/h8-16,25H,6-7H2,1-5H3/b23-15-/t25-/m0/s1. The molecular weight excluding hydrogens is 556 g/mol. The van der Waals surface area contributed by atoms with Crippen LogP contribution in [-0.4, -0.2) is 29.9 Å². The molecule has 0 N–H and O–H groups in total. The van der Waals surface area contributed by atoms with Gasteiger partial charge in [-0.15, -0.1) is 0 Å². The molecule has 2 aromatic carbocycles. The van der Waals surface area contributed by atoms with E-state index in [1.165, 1.54) is 11.3 Å². The Kier molecular flexibility index (Phi) is 8.34. The number of carbonyl (C=O) groups excluding carboxylic acids is 1. The van der Waals surface area contributed by atoms with Crippen molar-refractivity contribution in [1.82, 2.24) is 4.57 Å². The van der Waals surface area contributed by atoms with Crippen LogP contribution >= 0.6 is 27.3 Å². The van der Waals surface area contributed by atoms with E-state index in [9.17, 15) is 9.59 Å². The van der Waals surface area contributed by atoms with Crippen molar-refractivity contribution in [2.24, 2.45) is 4.99 Å². The van der Waals surface area contributed by atoms with Crippen LogP contribution in [0.15, 0.2) is 68.0 Å². The number of rotatable bonds is 8. The number of fused-ring (bicyclic) bond motifs is 1. The van der Waals surface area contributed by atoms with E-state index in [0.29, 0.717) is 33.0 Å². The summed E-state index contributed by atoms with van der Waals surface area (Å²) >= 11 is 4.84. The normalized spacial score (nSPS) is 15.4. The Morgan fingerprint density at radius 1 is 1.16 bits per heavy atom. The summed E-state index contributed by atoms with van der Waals surface area (Å²) in [5.41, 5.74) is 2.26. The highest BCUT2D eigenvalue weighted by molar-refractivity contribution is 9.10. The number of carbonyl (C=O) groups is 1. The van der Waals surface area contributed by atoms with E-state index in [1.807, 2.05) is 69.3 Å². The van der Waals surface area contributed by atoms with Crippen LogP contribution in [0.3, 0.4) is 0 Å². The second-order valence-electron chi connectivity index (χ2n) is 8.66. The van der Waals surface area contributed by atoms with Gasteiger partial charge in [-0.3, -0.25) is 9.36 Å². The summed E-state index contributed by atoms with van der Waals surface area (Å²) in [4.78, 5) is 31.9. The van der Waals surface area contributed by atoms with E-state index < -0.39 is 12.0 Å². The molecule has 7 nitrogen and oxygen atoms in total. The second kappa shape index (κ2) is 11.5. The number of hydrogen-bond donors (Lipinski definition) is 0. The number of nitrogens with zero attached hydrogens (tertiary/aromatic N) is 2. The van der Waals surface area contributed by atoms with E-state index in [4.69, 9.17) is 14.2 Å². The monoisotopic (exact) mass is 584 g/mol. The van der Waals surface area contributed by atoms with Crippen LogP contribution in [0.5, 0.6) is 11.5 Å². The van der Waals surface area contributed by atoms with Gasteiger partial charge in [-0.25, -0.2) is 9.79 Å². The highest BCUT2D eigenvalue weighted by Gasteiger charge is 2.33. The fraction of sp³-hybridized carbons (Fsp3) is 0.321. The van der Waals surface area contributed by atoms with Crippen molar-refractivity contribution in [3.8, 4) is 11.5 Å². The number of thiazole rings is 1. The number of allylic oxidation sites excluding steroid dienone is 1. The molecule has 194 valence electrons. The highest BCUT2D eigenvalue weighted by atomic mass is 79.9. The van der Waals surface area contributed by atoms with E-state index in [0.717, 1.165) is 21.3 Å². The second-order valence-corrected chi connectivity index (χ2v) is 10.5. The molecule has 4 rings (SSSR count). The van der Waals surface area contributed by atoms with Gasteiger partial charge >= 0.3 is 5.97 Å². The molecule has 0 amide bonds.